The van der Waals surface area contributed by atoms with Crippen molar-refractivity contribution in [3.05, 3.63) is 71.0 Å². The number of rotatable bonds is 8. The molecule has 0 saturated carbocycles. The number of aliphatic carboxylic acids is 1. The summed E-state index contributed by atoms with van der Waals surface area (Å²) in [7, 11) is 1.92. The van der Waals surface area contributed by atoms with Crippen molar-refractivity contribution in [2.45, 2.75) is 27.3 Å². The molecule has 0 aliphatic heterocycles. The van der Waals surface area contributed by atoms with Crippen molar-refractivity contribution in [2.24, 2.45) is 13.0 Å². The van der Waals surface area contributed by atoms with Crippen LogP contribution in [0.4, 0.5) is 11.6 Å². The zero-order chi connectivity index (χ0) is 25.1. The molecule has 0 saturated heterocycles. The highest BCUT2D eigenvalue weighted by molar-refractivity contribution is 9.10. The molecule has 1 amide bonds. The summed E-state index contributed by atoms with van der Waals surface area (Å²) < 4.78 is 8.89. The van der Waals surface area contributed by atoms with Crippen LogP contribution in [0.15, 0.2) is 65.3 Å². The van der Waals surface area contributed by atoms with E-state index in [1.165, 1.54) is 12.3 Å². The van der Waals surface area contributed by atoms with Crippen LogP contribution in [0.3, 0.4) is 0 Å². The molecule has 0 spiro atoms. The first-order chi connectivity index (χ1) is 16.7. The van der Waals surface area contributed by atoms with Gasteiger partial charge >= 0.3 is 5.97 Å². The molecular weight excluding hydrogens is 526 g/mol. The molecule has 9 nitrogen and oxygen atoms in total. The van der Waals surface area contributed by atoms with Crippen LogP contribution >= 0.6 is 15.9 Å². The number of ether oxygens (including phenoxy) is 1. The highest BCUT2D eigenvalue weighted by atomic mass is 79.9. The maximum Gasteiger partial charge on any atom is 0.326 e. The number of fused-ring (bicyclic) bond motifs is 1. The van der Waals surface area contributed by atoms with Gasteiger partial charge in [0.15, 0.2) is 0 Å². The van der Waals surface area contributed by atoms with Crippen molar-refractivity contribution in [1.82, 2.24) is 19.9 Å². The fraction of sp³-hybridized carbons (Fsp3) is 0.231. The molecule has 0 radical (unpaired) electrons. The molecule has 188 valence electrons. The Morgan fingerprint density at radius 2 is 1.75 bits per heavy atom. The quantitative estimate of drug-likeness (QED) is 0.254. The normalized spacial score (nSPS) is 11.6. The van der Waals surface area contributed by atoms with Crippen LogP contribution in [-0.2, 0) is 11.8 Å². The van der Waals surface area contributed by atoms with Gasteiger partial charge in [-0.3, -0.25) is 9.78 Å². The Kier molecular flexibility index (Phi) is 8.31. The fourth-order valence-corrected chi connectivity index (χ4v) is 3.75. The van der Waals surface area contributed by atoms with E-state index < -0.39 is 17.9 Å². The maximum absolute atomic E-state index is 12.5. The molecule has 0 aliphatic rings. The lowest BCUT2D eigenvalue weighted by Crippen LogP contribution is -2.44. The second-order valence-electron chi connectivity index (χ2n) is 8.29. The van der Waals surface area contributed by atoms with Gasteiger partial charge in [0.25, 0.3) is 5.91 Å². The Hall–Kier alpha value is -3.92. The fourth-order valence-electron chi connectivity index (χ4n) is 3.48. The SMILES string of the molecule is C.CC(C)[C@H](NC(=O)c1cc(Oc2ccc3c(c2)nc(Nc2ccc(Br)cc2)n3C)ccn1)C(=O)O. The number of carbonyl (C=O) groups excluding carboxylic acids is 1. The number of imidazole rings is 1. The van der Waals surface area contributed by atoms with Crippen LogP contribution in [0, 0.1) is 5.92 Å². The average molecular weight is 554 g/mol. The van der Waals surface area contributed by atoms with Crippen molar-refractivity contribution in [3.63, 3.8) is 0 Å². The molecule has 0 unspecified atom stereocenters. The summed E-state index contributed by atoms with van der Waals surface area (Å²) in [6.45, 7) is 3.44. The lowest BCUT2D eigenvalue weighted by Gasteiger charge is -2.17. The Morgan fingerprint density at radius 3 is 2.42 bits per heavy atom. The molecule has 36 heavy (non-hydrogen) atoms. The molecule has 0 aliphatic carbocycles. The molecule has 4 rings (SSSR count). The van der Waals surface area contributed by atoms with Crippen LogP contribution in [-0.4, -0.2) is 37.6 Å². The Bertz CT molecular complexity index is 1390. The number of amides is 1. The zero-order valence-electron chi connectivity index (χ0n) is 19.3. The van der Waals surface area contributed by atoms with E-state index in [0.717, 1.165) is 21.2 Å². The smallest absolute Gasteiger partial charge is 0.326 e. The van der Waals surface area contributed by atoms with Crippen LogP contribution in [0.25, 0.3) is 11.0 Å². The van der Waals surface area contributed by atoms with Gasteiger partial charge < -0.3 is 25.0 Å². The van der Waals surface area contributed by atoms with Crippen molar-refractivity contribution in [2.75, 3.05) is 5.32 Å². The van der Waals surface area contributed by atoms with E-state index in [4.69, 9.17) is 4.74 Å². The van der Waals surface area contributed by atoms with Crippen LogP contribution < -0.4 is 15.4 Å². The summed E-state index contributed by atoms with van der Waals surface area (Å²) in [5.41, 5.74) is 2.63. The molecular formula is C26H28BrN5O4. The van der Waals surface area contributed by atoms with Gasteiger partial charge in [-0.05, 0) is 48.4 Å². The first kappa shape index (κ1) is 26.7. The van der Waals surface area contributed by atoms with Gasteiger partial charge in [-0.25, -0.2) is 9.78 Å². The summed E-state index contributed by atoms with van der Waals surface area (Å²) in [5.74, 6) is -0.345. The van der Waals surface area contributed by atoms with Gasteiger partial charge in [0.1, 0.15) is 23.2 Å². The Labute approximate surface area is 217 Å². The van der Waals surface area contributed by atoms with Gasteiger partial charge in [-0.15, -0.1) is 0 Å². The minimum Gasteiger partial charge on any atom is -0.480 e. The highest BCUT2D eigenvalue weighted by Gasteiger charge is 2.24. The topological polar surface area (TPSA) is 118 Å². The summed E-state index contributed by atoms with van der Waals surface area (Å²) in [6, 6.07) is 15.4. The first-order valence-electron chi connectivity index (χ1n) is 10.9. The second-order valence-corrected chi connectivity index (χ2v) is 9.20. The van der Waals surface area contributed by atoms with Gasteiger partial charge in [-0.2, -0.15) is 0 Å². The number of hydrogen-bond acceptors (Lipinski definition) is 6. The van der Waals surface area contributed by atoms with Crippen LogP contribution in [0.5, 0.6) is 11.5 Å². The van der Waals surface area contributed by atoms with E-state index in [9.17, 15) is 14.7 Å². The maximum atomic E-state index is 12.5. The number of anilines is 2. The third-order valence-corrected chi connectivity index (χ3v) is 5.90. The monoisotopic (exact) mass is 553 g/mol. The predicted octanol–water partition coefficient (Wildman–Crippen LogP) is 5.74. The predicted molar refractivity (Wildman–Crippen MR) is 143 cm³/mol. The first-order valence-corrected chi connectivity index (χ1v) is 11.7. The molecule has 2 heterocycles. The number of benzene rings is 2. The van der Waals surface area contributed by atoms with E-state index in [1.807, 2.05) is 54.1 Å². The molecule has 2 aromatic heterocycles. The molecule has 10 heteroatoms. The van der Waals surface area contributed by atoms with E-state index in [0.29, 0.717) is 17.4 Å². The Morgan fingerprint density at radius 1 is 1.06 bits per heavy atom. The van der Waals surface area contributed by atoms with E-state index in [-0.39, 0.29) is 19.0 Å². The number of carbonyl (C=O) groups is 2. The van der Waals surface area contributed by atoms with E-state index in [2.05, 4.69) is 36.5 Å². The number of carboxylic acid groups (broad SMARTS) is 1. The molecule has 0 bridgehead atoms. The van der Waals surface area contributed by atoms with Gasteiger partial charge in [0.05, 0.1) is 11.0 Å². The van der Waals surface area contributed by atoms with Crippen molar-refractivity contribution in [3.8, 4) is 11.5 Å². The molecule has 0 fully saturated rings. The number of carboxylic acids is 1. The lowest BCUT2D eigenvalue weighted by molar-refractivity contribution is -0.140. The number of pyridine rings is 1. The van der Waals surface area contributed by atoms with Crippen molar-refractivity contribution < 1.29 is 19.4 Å². The van der Waals surface area contributed by atoms with Crippen LogP contribution in [0.2, 0.25) is 0 Å². The summed E-state index contributed by atoms with van der Waals surface area (Å²) in [4.78, 5) is 32.7. The molecule has 4 aromatic rings. The number of nitrogens with one attached hydrogen (secondary N) is 2. The van der Waals surface area contributed by atoms with Gasteiger partial charge in [0, 0.05) is 35.5 Å². The summed E-state index contributed by atoms with van der Waals surface area (Å²) in [6.07, 6.45) is 1.44. The summed E-state index contributed by atoms with van der Waals surface area (Å²) in [5, 5.41) is 15.1. The van der Waals surface area contributed by atoms with E-state index >= 15 is 0 Å². The molecule has 3 N–H and O–H groups in total. The summed E-state index contributed by atoms with van der Waals surface area (Å²) >= 11 is 3.43. The molecule has 1 atom stereocenters. The number of aromatic nitrogens is 3. The Balaban J connectivity index is 0.00000361. The highest BCUT2D eigenvalue weighted by Crippen LogP contribution is 2.28. The number of nitrogens with zero attached hydrogens (tertiary/aromatic N) is 3. The number of halogens is 1. The number of hydrogen-bond donors (Lipinski definition) is 3. The largest absolute Gasteiger partial charge is 0.480 e. The number of aryl methyl sites for hydroxylation is 1. The third-order valence-electron chi connectivity index (χ3n) is 5.37. The van der Waals surface area contributed by atoms with Crippen molar-refractivity contribution in [1.29, 1.82) is 0 Å². The van der Waals surface area contributed by atoms with Gasteiger partial charge in [0.2, 0.25) is 5.95 Å². The average Bonchev–Trinajstić information content (AvgIpc) is 3.13. The zero-order valence-corrected chi connectivity index (χ0v) is 20.9. The van der Waals surface area contributed by atoms with Crippen LogP contribution in [0.1, 0.15) is 31.8 Å². The standard InChI is InChI=1S/C25H24BrN5O4.CH4/c1-14(2)22(24(33)34)30-23(32)20-13-18(10-11-27-20)35-17-8-9-21-19(12-17)29-25(31(21)3)28-16-6-4-15(26)5-7-16;/h4-14,22H,1-3H3,(H,28,29)(H,30,32)(H,33,34);1H4/t22-;/m0./s1. The van der Waals surface area contributed by atoms with Gasteiger partial charge in [-0.1, -0.05) is 37.2 Å². The molecule has 2 aromatic carbocycles. The van der Waals surface area contributed by atoms with Crippen molar-refractivity contribution >= 4 is 50.5 Å². The minimum atomic E-state index is -1.10. The second kappa shape index (κ2) is 11.2. The minimum absolute atomic E-state index is 0. The lowest BCUT2D eigenvalue weighted by atomic mass is 10.0. The van der Waals surface area contributed by atoms with E-state index in [1.54, 1.807) is 19.9 Å². The third kappa shape index (κ3) is 6.01.